The van der Waals surface area contributed by atoms with Crippen molar-refractivity contribution in [3.63, 3.8) is 0 Å². The predicted octanol–water partition coefficient (Wildman–Crippen LogP) is 14.6. The molecule has 2 aliphatic rings. The van der Waals surface area contributed by atoms with Crippen molar-refractivity contribution in [3.8, 4) is 78.4 Å². The van der Waals surface area contributed by atoms with Crippen LogP contribution < -0.4 is 0 Å². The number of nitrogens with zero attached hydrogens (tertiary/aromatic N) is 2. The van der Waals surface area contributed by atoms with Gasteiger partial charge in [-0.2, -0.15) is 0 Å². The molecule has 0 aliphatic heterocycles. The van der Waals surface area contributed by atoms with Crippen molar-refractivity contribution in [2.75, 3.05) is 0 Å². The van der Waals surface area contributed by atoms with E-state index in [4.69, 9.17) is 9.97 Å². The number of hydrogen-bond donors (Lipinski definition) is 0. The van der Waals surface area contributed by atoms with E-state index in [1.165, 1.54) is 77.5 Å². The van der Waals surface area contributed by atoms with Gasteiger partial charge in [-0.05, 0) is 95.7 Å². The summed E-state index contributed by atoms with van der Waals surface area (Å²) in [5.41, 5.74) is 20.5. The molecular weight excluding hydrogens is 701 g/mol. The Morgan fingerprint density at radius 1 is 0.310 bits per heavy atom. The normalized spacial score (nSPS) is 14.1. The standard InChI is InChI=1S/C56H42N2/c1-55(2)46-21-11-10-18-43(46)52-42(19-12-22-47(52)55)37-28-24-35(25-29-37)36-26-30-38(31-27-36)50-34-51(58-54(57-50)39-14-6-5-7-15-39)44-20-13-23-48-53(44)45-32-40-16-8-9-17-41(40)33-49(45)56(48,3)4/h5-34H,1-4H3. The van der Waals surface area contributed by atoms with Gasteiger partial charge in [0.15, 0.2) is 5.82 Å². The first kappa shape index (κ1) is 34.4. The Morgan fingerprint density at radius 3 is 1.52 bits per heavy atom. The molecule has 0 amide bonds. The molecule has 11 rings (SSSR count). The van der Waals surface area contributed by atoms with Crippen molar-refractivity contribution < 1.29 is 0 Å². The van der Waals surface area contributed by atoms with E-state index >= 15 is 0 Å². The monoisotopic (exact) mass is 742 g/mol. The van der Waals surface area contributed by atoms with Crippen molar-refractivity contribution in [2.24, 2.45) is 0 Å². The van der Waals surface area contributed by atoms with E-state index in [2.05, 4.69) is 204 Å². The lowest BCUT2D eigenvalue weighted by Crippen LogP contribution is -2.14. The minimum atomic E-state index is -0.139. The van der Waals surface area contributed by atoms with E-state index < -0.39 is 0 Å². The van der Waals surface area contributed by atoms with Crippen molar-refractivity contribution >= 4 is 10.8 Å². The molecule has 0 bridgehead atoms. The van der Waals surface area contributed by atoms with Crippen LogP contribution in [0.15, 0.2) is 182 Å². The Bertz CT molecular complexity index is 3080. The van der Waals surface area contributed by atoms with Crippen LogP contribution in [0.3, 0.4) is 0 Å². The smallest absolute Gasteiger partial charge is 0.160 e. The number of rotatable bonds is 5. The average molecular weight is 743 g/mol. The molecule has 0 spiro atoms. The number of aromatic nitrogens is 2. The second-order valence-electron chi connectivity index (χ2n) is 17.0. The Hall–Kier alpha value is -6.90. The second kappa shape index (κ2) is 12.8. The Morgan fingerprint density at radius 2 is 0.810 bits per heavy atom. The summed E-state index contributed by atoms with van der Waals surface area (Å²) in [7, 11) is 0. The molecule has 2 nitrogen and oxygen atoms in total. The topological polar surface area (TPSA) is 25.8 Å². The predicted molar refractivity (Wildman–Crippen MR) is 242 cm³/mol. The Kier molecular flexibility index (Phi) is 7.59. The molecule has 0 fully saturated rings. The third-order valence-corrected chi connectivity index (χ3v) is 12.9. The van der Waals surface area contributed by atoms with Gasteiger partial charge in [-0.3, -0.25) is 0 Å². The maximum atomic E-state index is 5.29. The quantitative estimate of drug-likeness (QED) is 0.175. The average Bonchev–Trinajstić information content (AvgIpc) is 3.65. The first-order valence-corrected chi connectivity index (χ1v) is 20.3. The van der Waals surface area contributed by atoms with Crippen molar-refractivity contribution in [2.45, 2.75) is 38.5 Å². The number of hydrogen-bond acceptors (Lipinski definition) is 2. The lowest BCUT2D eigenvalue weighted by molar-refractivity contribution is 0.660. The highest BCUT2D eigenvalue weighted by atomic mass is 14.9. The number of fused-ring (bicyclic) bond motifs is 7. The first-order valence-electron chi connectivity index (χ1n) is 20.3. The molecule has 0 saturated heterocycles. The summed E-state index contributed by atoms with van der Waals surface area (Å²) in [5, 5.41) is 2.52. The first-order chi connectivity index (χ1) is 28.3. The van der Waals surface area contributed by atoms with Gasteiger partial charge >= 0.3 is 0 Å². The van der Waals surface area contributed by atoms with Gasteiger partial charge < -0.3 is 0 Å². The zero-order chi connectivity index (χ0) is 39.2. The van der Waals surface area contributed by atoms with E-state index in [1.807, 2.05) is 6.07 Å². The summed E-state index contributed by atoms with van der Waals surface area (Å²) < 4.78 is 0. The van der Waals surface area contributed by atoms with Crippen LogP contribution in [0.5, 0.6) is 0 Å². The maximum Gasteiger partial charge on any atom is 0.160 e. The highest BCUT2D eigenvalue weighted by Crippen LogP contribution is 2.54. The van der Waals surface area contributed by atoms with Crippen LogP contribution in [-0.2, 0) is 10.8 Å². The van der Waals surface area contributed by atoms with Crippen LogP contribution >= 0.6 is 0 Å². The third-order valence-electron chi connectivity index (χ3n) is 12.9. The highest BCUT2D eigenvalue weighted by molar-refractivity contribution is 5.99. The van der Waals surface area contributed by atoms with Crippen LogP contribution in [0.25, 0.3) is 89.2 Å². The summed E-state index contributed by atoms with van der Waals surface area (Å²) in [6.07, 6.45) is 0. The van der Waals surface area contributed by atoms with Gasteiger partial charge in [0.25, 0.3) is 0 Å². The fourth-order valence-electron chi connectivity index (χ4n) is 9.81. The van der Waals surface area contributed by atoms with Crippen molar-refractivity contribution in [3.05, 3.63) is 204 Å². The summed E-state index contributed by atoms with van der Waals surface area (Å²) in [6.45, 7) is 9.38. The second-order valence-corrected chi connectivity index (χ2v) is 17.0. The molecule has 9 aromatic rings. The largest absolute Gasteiger partial charge is 0.228 e. The molecule has 2 heteroatoms. The van der Waals surface area contributed by atoms with Gasteiger partial charge in [0.2, 0.25) is 0 Å². The number of benzene rings is 8. The van der Waals surface area contributed by atoms with Gasteiger partial charge in [0.1, 0.15) is 0 Å². The highest BCUT2D eigenvalue weighted by Gasteiger charge is 2.38. The molecular formula is C56H42N2. The van der Waals surface area contributed by atoms with Crippen LogP contribution in [0.2, 0.25) is 0 Å². The third kappa shape index (κ3) is 5.25. The molecule has 0 N–H and O–H groups in total. The molecule has 0 unspecified atom stereocenters. The summed E-state index contributed by atoms with van der Waals surface area (Å²) in [5.74, 6) is 0.722. The van der Waals surface area contributed by atoms with E-state index in [1.54, 1.807) is 0 Å². The minimum Gasteiger partial charge on any atom is -0.228 e. The zero-order valence-electron chi connectivity index (χ0n) is 33.2. The lowest BCUT2D eigenvalue weighted by Gasteiger charge is -2.22. The maximum absolute atomic E-state index is 5.29. The van der Waals surface area contributed by atoms with Gasteiger partial charge in [0, 0.05) is 27.5 Å². The van der Waals surface area contributed by atoms with Gasteiger partial charge in [-0.1, -0.05) is 191 Å². The van der Waals surface area contributed by atoms with Gasteiger partial charge in [0.05, 0.1) is 11.4 Å². The molecule has 1 aromatic heterocycles. The Labute approximate surface area is 340 Å². The van der Waals surface area contributed by atoms with Crippen molar-refractivity contribution in [1.82, 2.24) is 9.97 Å². The lowest BCUT2D eigenvalue weighted by atomic mass is 9.81. The fourth-order valence-corrected chi connectivity index (χ4v) is 9.81. The summed E-state index contributed by atoms with van der Waals surface area (Å²) in [6, 6.07) is 66.2. The fraction of sp³-hybridized carbons (Fsp3) is 0.107. The minimum absolute atomic E-state index is 0.0191. The van der Waals surface area contributed by atoms with Gasteiger partial charge in [-0.15, -0.1) is 0 Å². The van der Waals surface area contributed by atoms with Crippen LogP contribution in [-0.4, -0.2) is 9.97 Å². The molecule has 58 heavy (non-hydrogen) atoms. The van der Waals surface area contributed by atoms with Crippen LogP contribution in [0.4, 0.5) is 0 Å². The molecule has 0 saturated carbocycles. The summed E-state index contributed by atoms with van der Waals surface area (Å²) in [4.78, 5) is 10.5. The van der Waals surface area contributed by atoms with E-state index in [9.17, 15) is 0 Å². The van der Waals surface area contributed by atoms with Gasteiger partial charge in [-0.25, -0.2) is 9.97 Å². The van der Waals surface area contributed by atoms with Crippen LogP contribution in [0, 0.1) is 0 Å². The SMILES string of the molecule is CC1(C)c2ccccc2-c2c(-c3ccc(-c4ccc(-c5cc(-c6cccc7c6-c6cc8ccccc8cc6C7(C)C)nc(-c6ccccc6)n5)cc4)cc3)cccc21. The van der Waals surface area contributed by atoms with E-state index in [-0.39, 0.29) is 10.8 Å². The van der Waals surface area contributed by atoms with Crippen molar-refractivity contribution in [1.29, 1.82) is 0 Å². The molecule has 8 aromatic carbocycles. The van der Waals surface area contributed by atoms with Crippen LogP contribution in [0.1, 0.15) is 49.9 Å². The molecule has 0 radical (unpaired) electrons. The Balaban J connectivity index is 0.977. The zero-order valence-corrected chi connectivity index (χ0v) is 33.2. The van der Waals surface area contributed by atoms with E-state index in [0.717, 1.165) is 33.9 Å². The molecule has 0 atom stereocenters. The summed E-state index contributed by atoms with van der Waals surface area (Å²) >= 11 is 0. The van der Waals surface area contributed by atoms with E-state index in [0.29, 0.717) is 0 Å². The molecule has 276 valence electrons. The molecule has 1 heterocycles. The molecule has 2 aliphatic carbocycles.